The molecule has 0 aromatic heterocycles. The third-order valence-corrected chi connectivity index (χ3v) is 3.40. The van der Waals surface area contributed by atoms with Crippen LogP contribution in [-0.2, 0) is 16.0 Å². The molecule has 2 amide bonds. The number of hydrazone groups is 1. The van der Waals surface area contributed by atoms with Gasteiger partial charge >= 0.3 is 0 Å². The van der Waals surface area contributed by atoms with Crippen LogP contribution >= 0.6 is 0 Å². The lowest BCUT2D eigenvalue weighted by Crippen LogP contribution is -2.31. The molecule has 0 aliphatic carbocycles. The molecule has 2 aromatic carbocycles. The van der Waals surface area contributed by atoms with Crippen molar-refractivity contribution in [3.8, 4) is 5.75 Å². The van der Waals surface area contributed by atoms with Gasteiger partial charge in [0.1, 0.15) is 12.2 Å². The molecule has 0 atom stereocenters. The highest BCUT2D eigenvalue weighted by Crippen LogP contribution is 2.10. The van der Waals surface area contributed by atoms with Gasteiger partial charge in [0.05, 0.1) is 13.3 Å². The van der Waals surface area contributed by atoms with E-state index in [0.717, 1.165) is 17.5 Å². The average Bonchev–Trinajstić information content (AvgIpc) is 2.63. The van der Waals surface area contributed by atoms with Gasteiger partial charge in [-0.3, -0.25) is 9.59 Å². The molecule has 0 saturated carbocycles. The molecule has 0 bridgehead atoms. The van der Waals surface area contributed by atoms with Gasteiger partial charge in [0.25, 0.3) is 0 Å². The summed E-state index contributed by atoms with van der Waals surface area (Å²) in [7, 11) is 1.58. The van der Waals surface area contributed by atoms with E-state index in [1.54, 1.807) is 13.2 Å². The molecule has 0 fully saturated rings. The normalized spacial score (nSPS) is 10.4. The van der Waals surface area contributed by atoms with E-state index in [2.05, 4.69) is 15.8 Å². The first-order valence-electron chi connectivity index (χ1n) is 7.94. The van der Waals surface area contributed by atoms with Crippen molar-refractivity contribution in [2.45, 2.75) is 12.8 Å². The van der Waals surface area contributed by atoms with Crippen LogP contribution < -0.4 is 15.5 Å². The predicted octanol–water partition coefficient (Wildman–Crippen LogP) is 1.89. The van der Waals surface area contributed by atoms with Gasteiger partial charge in [-0.15, -0.1) is 0 Å². The van der Waals surface area contributed by atoms with Crippen molar-refractivity contribution >= 4 is 18.0 Å². The monoisotopic (exact) mass is 339 g/mol. The maximum absolute atomic E-state index is 11.7. The molecule has 0 radical (unpaired) electrons. The Hall–Kier alpha value is -3.15. The summed E-state index contributed by atoms with van der Waals surface area (Å²) in [5.74, 6) is -0.0885. The lowest BCUT2D eigenvalue weighted by atomic mass is 10.1. The van der Waals surface area contributed by atoms with Crippen LogP contribution in [0.5, 0.6) is 5.75 Å². The molecular weight excluding hydrogens is 318 g/mol. The number of nitrogens with zero attached hydrogens (tertiary/aromatic N) is 1. The summed E-state index contributed by atoms with van der Waals surface area (Å²) in [5, 5.41) is 6.55. The summed E-state index contributed by atoms with van der Waals surface area (Å²) in [6.45, 7) is 0.489. The molecule has 6 heteroatoms. The fourth-order valence-electron chi connectivity index (χ4n) is 2.14. The van der Waals surface area contributed by atoms with Gasteiger partial charge in [0.15, 0.2) is 0 Å². The summed E-state index contributed by atoms with van der Waals surface area (Å²) in [5.41, 5.74) is 4.26. The number of ether oxygens (including phenoxy) is 1. The Bertz CT molecular complexity index is 730. The highest BCUT2D eigenvalue weighted by Gasteiger charge is 2.07. The van der Waals surface area contributed by atoms with E-state index in [1.165, 1.54) is 6.21 Å². The van der Waals surface area contributed by atoms with Crippen molar-refractivity contribution in [2.24, 2.45) is 5.10 Å². The van der Waals surface area contributed by atoms with Crippen molar-refractivity contribution in [1.82, 2.24) is 10.7 Å². The maximum atomic E-state index is 11.7. The standard InChI is InChI=1S/C19H21N3O3/c1-25-17-9-5-8-16(12-17)14-21-22-19(24)13-18(23)20-11-10-15-6-3-2-4-7-15/h2-9,12,14H,10-11,13H2,1H3,(H,20,23)(H,22,24)/b21-14+. The third kappa shape index (κ3) is 6.87. The Labute approximate surface area is 146 Å². The molecule has 0 saturated heterocycles. The first kappa shape index (κ1) is 18.2. The second-order valence-corrected chi connectivity index (χ2v) is 5.33. The number of benzene rings is 2. The average molecular weight is 339 g/mol. The Kier molecular flexibility index (Phi) is 7.18. The van der Waals surface area contributed by atoms with Crippen molar-refractivity contribution in [3.63, 3.8) is 0 Å². The van der Waals surface area contributed by atoms with Crippen molar-refractivity contribution in [2.75, 3.05) is 13.7 Å². The van der Waals surface area contributed by atoms with Crippen LogP contribution in [-0.4, -0.2) is 31.7 Å². The number of nitrogens with one attached hydrogen (secondary N) is 2. The maximum Gasteiger partial charge on any atom is 0.249 e. The Balaban J connectivity index is 1.68. The predicted molar refractivity (Wildman–Crippen MR) is 96.5 cm³/mol. The molecule has 0 heterocycles. The van der Waals surface area contributed by atoms with E-state index < -0.39 is 5.91 Å². The third-order valence-electron chi connectivity index (χ3n) is 3.40. The van der Waals surface area contributed by atoms with E-state index in [0.29, 0.717) is 12.3 Å². The SMILES string of the molecule is COc1cccc(/C=N/NC(=O)CC(=O)NCCc2ccccc2)c1. The molecule has 0 spiro atoms. The number of carbonyl (C=O) groups excluding carboxylic acids is 2. The highest BCUT2D eigenvalue weighted by atomic mass is 16.5. The van der Waals surface area contributed by atoms with Crippen LogP contribution in [0.4, 0.5) is 0 Å². The lowest BCUT2D eigenvalue weighted by Gasteiger charge is -2.05. The minimum absolute atomic E-state index is 0.260. The van der Waals surface area contributed by atoms with Crippen LogP contribution in [0, 0.1) is 0 Å². The zero-order valence-corrected chi connectivity index (χ0v) is 14.1. The molecule has 2 rings (SSSR count). The molecule has 0 unspecified atom stereocenters. The van der Waals surface area contributed by atoms with E-state index in [4.69, 9.17) is 4.74 Å². The number of rotatable bonds is 8. The Morgan fingerprint density at radius 2 is 1.88 bits per heavy atom. The van der Waals surface area contributed by atoms with Gasteiger partial charge in [-0.05, 0) is 29.7 Å². The molecule has 2 aromatic rings. The fraction of sp³-hybridized carbons (Fsp3) is 0.211. The van der Waals surface area contributed by atoms with Gasteiger partial charge in [-0.25, -0.2) is 5.43 Å². The second-order valence-electron chi connectivity index (χ2n) is 5.33. The van der Waals surface area contributed by atoms with E-state index in [-0.39, 0.29) is 12.3 Å². The van der Waals surface area contributed by atoms with Crippen LogP contribution in [0.2, 0.25) is 0 Å². The quantitative estimate of drug-likeness (QED) is 0.438. The largest absolute Gasteiger partial charge is 0.497 e. The topological polar surface area (TPSA) is 79.8 Å². The number of hydrogen-bond acceptors (Lipinski definition) is 4. The molecule has 0 aliphatic rings. The Morgan fingerprint density at radius 3 is 2.64 bits per heavy atom. The summed E-state index contributed by atoms with van der Waals surface area (Å²) in [6.07, 6.45) is 1.96. The van der Waals surface area contributed by atoms with Crippen molar-refractivity contribution in [3.05, 3.63) is 65.7 Å². The number of hydrogen-bond donors (Lipinski definition) is 2. The molecule has 25 heavy (non-hydrogen) atoms. The molecule has 6 nitrogen and oxygen atoms in total. The van der Waals surface area contributed by atoms with Gasteiger partial charge in [0, 0.05) is 6.54 Å². The van der Waals surface area contributed by atoms with Gasteiger partial charge in [-0.1, -0.05) is 42.5 Å². The van der Waals surface area contributed by atoms with Crippen molar-refractivity contribution in [1.29, 1.82) is 0 Å². The first-order valence-corrected chi connectivity index (χ1v) is 7.94. The second kappa shape index (κ2) is 9.87. The van der Waals surface area contributed by atoms with E-state index >= 15 is 0 Å². The minimum Gasteiger partial charge on any atom is -0.497 e. The lowest BCUT2D eigenvalue weighted by molar-refractivity contribution is -0.129. The van der Waals surface area contributed by atoms with Crippen LogP contribution in [0.15, 0.2) is 59.7 Å². The van der Waals surface area contributed by atoms with Crippen molar-refractivity contribution < 1.29 is 14.3 Å². The Morgan fingerprint density at radius 1 is 1.08 bits per heavy atom. The van der Waals surface area contributed by atoms with Crippen LogP contribution in [0.1, 0.15) is 17.5 Å². The number of amides is 2. The van der Waals surface area contributed by atoms with Gasteiger partial charge in [-0.2, -0.15) is 5.10 Å². The van der Waals surface area contributed by atoms with Gasteiger partial charge in [0.2, 0.25) is 11.8 Å². The molecule has 0 aliphatic heterocycles. The summed E-state index contributed by atoms with van der Waals surface area (Å²) >= 11 is 0. The highest BCUT2D eigenvalue weighted by molar-refractivity contribution is 5.97. The van der Waals surface area contributed by atoms with E-state index in [1.807, 2.05) is 48.5 Å². The molecule has 130 valence electrons. The van der Waals surface area contributed by atoms with Crippen LogP contribution in [0.25, 0.3) is 0 Å². The van der Waals surface area contributed by atoms with E-state index in [9.17, 15) is 9.59 Å². The zero-order valence-electron chi connectivity index (χ0n) is 14.1. The van der Waals surface area contributed by atoms with Crippen LogP contribution in [0.3, 0.4) is 0 Å². The fourth-order valence-corrected chi connectivity index (χ4v) is 2.14. The summed E-state index contributed by atoms with van der Waals surface area (Å²) in [4.78, 5) is 23.4. The molecular formula is C19H21N3O3. The first-order chi connectivity index (χ1) is 12.2. The van der Waals surface area contributed by atoms with Gasteiger partial charge < -0.3 is 10.1 Å². The molecule has 2 N–H and O–H groups in total. The zero-order chi connectivity index (χ0) is 17.9. The summed E-state index contributed by atoms with van der Waals surface area (Å²) in [6, 6.07) is 17.1. The number of methoxy groups -OCH3 is 1. The summed E-state index contributed by atoms with van der Waals surface area (Å²) < 4.78 is 5.10. The smallest absolute Gasteiger partial charge is 0.249 e. The number of carbonyl (C=O) groups is 2. The minimum atomic E-state index is -0.462.